The molecule has 4 nitrogen and oxygen atoms in total. The molecule has 0 aromatic heterocycles. The number of hydrogen-bond acceptors (Lipinski definition) is 3. The molecule has 1 N–H and O–H groups in total. The van der Waals surface area contributed by atoms with Crippen LogP contribution in [0.4, 0.5) is 0 Å². The van der Waals surface area contributed by atoms with Crippen molar-refractivity contribution in [2.24, 2.45) is 5.92 Å². The first-order valence-electron chi connectivity index (χ1n) is 8.83. The highest BCUT2D eigenvalue weighted by atomic mass is 32.2. The Morgan fingerprint density at radius 3 is 2.48 bits per heavy atom. The van der Waals surface area contributed by atoms with Gasteiger partial charge in [0.1, 0.15) is 0 Å². The SMILES string of the molecule is CCCNCC1CCCCN1S(=O)(=O)CC1CCCCC1. The molecule has 1 saturated heterocycles. The zero-order valence-corrected chi connectivity index (χ0v) is 14.3. The molecule has 2 rings (SSSR count). The zero-order valence-electron chi connectivity index (χ0n) is 13.5. The van der Waals surface area contributed by atoms with Crippen LogP contribution in [0, 0.1) is 5.92 Å². The second kappa shape index (κ2) is 8.49. The van der Waals surface area contributed by atoms with E-state index in [-0.39, 0.29) is 6.04 Å². The third-order valence-corrected chi connectivity index (χ3v) is 7.00. The Bertz CT molecular complexity index is 391. The number of hydrogen-bond donors (Lipinski definition) is 1. The molecule has 0 amide bonds. The van der Waals surface area contributed by atoms with Gasteiger partial charge in [-0.15, -0.1) is 0 Å². The topological polar surface area (TPSA) is 49.4 Å². The molecule has 1 unspecified atom stereocenters. The van der Waals surface area contributed by atoms with Crippen LogP contribution in [0.5, 0.6) is 0 Å². The maximum Gasteiger partial charge on any atom is 0.214 e. The average Bonchev–Trinajstić information content (AvgIpc) is 2.48. The highest BCUT2D eigenvalue weighted by Gasteiger charge is 2.33. The highest BCUT2D eigenvalue weighted by Crippen LogP contribution is 2.28. The van der Waals surface area contributed by atoms with Crippen molar-refractivity contribution < 1.29 is 8.42 Å². The molecule has 1 saturated carbocycles. The number of rotatable bonds is 7. The molecule has 2 aliphatic rings. The fourth-order valence-electron chi connectivity index (χ4n) is 3.74. The van der Waals surface area contributed by atoms with Crippen molar-refractivity contribution in [2.75, 3.05) is 25.4 Å². The lowest BCUT2D eigenvalue weighted by Crippen LogP contribution is -2.50. The van der Waals surface area contributed by atoms with Gasteiger partial charge in [-0.1, -0.05) is 32.6 Å². The van der Waals surface area contributed by atoms with Gasteiger partial charge >= 0.3 is 0 Å². The zero-order chi connectivity index (χ0) is 15.1. The van der Waals surface area contributed by atoms with E-state index in [1.807, 2.05) is 4.31 Å². The number of piperidine rings is 1. The Morgan fingerprint density at radius 2 is 1.76 bits per heavy atom. The summed E-state index contributed by atoms with van der Waals surface area (Å²) in [6, 6.07) is 0.180. The average molecular weight is 317 g/mol. The quantitative estimate of drug-likeness (QED) is 0.735. The van der Waals surface area contributed by atoms with Gasteiger partial charge in [0.15, 0.2) is 0 Å². The molecule has 1 aliphatic heterocycles. The van der Waals surface area contributed by atoms with E-state index >= 15 is 0 Å². The molecule has 21 heavy (non-hydrogen) atoms. The number of nitrogens with zero attached hydrogens (tertiary/aromatic N) is 1. The second-order valence-electron chi connectivity index (χ2n) is 6.75. The molecule has 124 valence electrons. The molecule has 2 fully saturated rings. The van der Waals surface area contributed by atoms with Crippen LogP contribution in [0.1, 0.15) is 64.7 Å². The highest BCUT2D eigenvalue weighted by molar-refractivity contribution is 7.89. The molecule has 0 bridgehead atoms. The Labute approximate surface area is 130 Å². The van der Waals surface area contributed by atoms with E-state index < -0.39 is 10.0 Å². The van der Waals surface area contributed by atoms with Gasteiger partial charge in [0.25, 0.3) is 0 Å². The van der Waals surface area contributed by atoms with E-state index in [4.69, 9.17) is 0 Å². The summed E-state index contributed by atoms with van der Waals surface area (Å²) in [6.07, 6.45) is 10.2. The minimum atomic E-state index is -3.08. The van der Waals surface area contributed by atoms with Crippen LogP contribution in [0.3, 0.4) is 0 Å². The summed E-state index contributed by atoms with van der Waals surface area (Å²) in [6.45, 7) is 4.67. The largest absolute Gasteiger partial charge is 0.315 e. The van der Waals surface area contributed by atoms with Gasteiger partial charge in [-0.25, -0.2) is 8.42 Å². The first-order chi connectivity index (χ1) is 10.1. The van der Waals surface area contributed by atoms with Gasteiger partial charge < -0.3 is 5.32 Å². The lowest BCUT2D eigenvalue weighted by Gasteiger charge is -2.36. The van der Waals surface area contributed by atoms with Crippen molar-refractivity contribution in [3.8, 4) is 0 Å². The Balaban J connectivity index is 1.93. The maximum absolute atomic E-state index is 12.8. The first kappa shape index (κ1) is 17.2. The molecule has 1 atom stereocenters. The minimum Gasteiger partial charge on any atom is -0.315 e. The molecule has 1 heterocycles. The monoisotopic (exact) mass is 316 g/mol. The normalized spacial score (nSPS) is 26.0. The van der Waals surface area contributed by atoms with Gasteiger partial charge in [-0.3, -0.25) is 0 Å². The van der Waals surface area contributed by atoms with Crippen LogP contribution in [-0.2, 0) is 10.0 Å². The second-order valence-corrected chi connectivity index (χ2v) is 8.71. The molecule has 1 aliphatic carbocycles. The van der Waals surface area contributed by atoms with Gasteiger partial charge in [-0.2, -0.15) is 4.31 Å². The van der Waals surface area contributed by atoms with Crippen molar-refractivity contribution in [3.05, 3.63) is 0 Å². The predicted octanol–water partition coefficient (Wildman–Crippen LogP) is 2.75. The van der Waals surface area contributed by atoms with Crippen molar-refractivity contribution in [1.29, 1.82) is 0 Å². The summed E-state index contributed by atoms with van der Waals surface area (Å²) in [5, 5.41) is 3.40. The van der Waals surface area contributed by atoms with E-state index in [1.165, 1.54) is 19.3 Å². The third-order valence-electron chi connectivity index (χ3n) is 4.91. The molecular formula is C16H32N2O2S. The smallest absolute Gasteiger partial charge is 0.214 e. The maximum atomic E-state index is 12.8. The summed E-state index contributed by atoms with van der Waals surface area (Å²) < 4.78 is 27.4. The van der Waals surface area contributed by atoms with Crippen LogP contribution in [-0.4, -0.2) is 44.2 Å². The molecule has 0 radical (unpaired) electrons. The fourth-order valence-corrected chi connectivity index (χ4v) is 5.90. The van der Waals surface area contributed by atoms with E-state index in [0.717, 1.165) is 58.2 Å². The summed E-state index contributed by atoms with van der Waals surface area (Å²) in [5.41, 5.74) is 0. The van der Waals surface area contributed by atoms with Crippen LogP contribution in [0.15, 0.2) is 0 Å². The summed E-state index contributed by atoms with van der Waals surface area (Å²) in [5.74, 6) is 0.784. The van der Waals surface area contributed by atoms with E-state index in [2.05, 4.69) is 12.2 Å². The van der Waals surface area contributed by atoms with Gasteiger partial charge in [0, 0.05) is 19.1 Å². The van der Waals surface area contributed by atoms with Crippen LogP contribution < -0.4 is 5.32 Å². The fraction of sp³-hybridized carbons (Fsp3) is 1.00. The Kier molecular flexibility index (Phi) is 6.96. The molecule has 5 heteroatoms. The minimum absolute atomic E-state index is 0.180. The van der Waals surface area contributed by atoms with Crippen LogP contribution in [0.25, 0.3) is 0 Å². The molecule has 0 aromatic rings. The van der Waals surface area contributed by atoms with Crippen LogP contribution in [0.2, 0.25) is 0 Å². The number of nitrogens with one attached hydrogen (secondary N) is 1. The van der Waals surface area contributed by atoms with E-state index in [0.29, 0.717) is 11.7 Å². The molecule has 0 aromatic carbocycles. The predicted molar refractivity (Wildman–Crippen MR) is 87.9 cm³/mol. The summed E-state index contributed by atoms with van der Waals surface area (Å²) in [4.78, 5) is 0. The van der Waals surface area contributed by atoms with Crippen molar-refractivity contribution in [1.82, 2.24) is 9.62 Å². The van der Waals surface area contributed by atoms with Crippen LogP contribution >= 0.6 is 0 Å². The summed E-state index contributed by atoms with van der Waals surface area (Å²) >= 11 is 0. The van der Waals surface area contributed by atoms with Gasteiger partial charge in [0.2, 0.25) is 10.0 Å². The Hall–Kier alpha value is -0.130. The molecule has 0 spiro atoms. The Morgan fingerprint density at radius 1 is 1.05 bits per heavy atom. The molecular weight excluding hydrogens is 284 g/mol. The van der Waals surface area contributed by atoms with E-state index in [9.17, 15) is 8.42 Å². The third kappa shape index (κ3) is 5.22. The lowest BCUT2D eigenvalue weighted by atomic mass is 9.91. The summed E-state index contributed by atoms with van der Waals surface area (Å²) in [7, 11) is -3.08. The van der Waals surface area contributed by atoms with Crippen molar-refractivity contribution >= 4 is 10.0 Å². The van der Waals surface area contributed by atoms with Gasteiger partial charge in [-0.05, 0) is 44.6 Å². The van der Waals surface area contributed by atoms with E-state index in [1.54, 1.807) is 0 Å². The standard InChI is InChI=1S/C16H32N2O2S/c1-2-11-17-13-16-10-6-7-12-18(16)21(19,20)14-15-8-4-3-5-9-15/h15-17H,2-14H2,1H3. The van der Waals surface area contributed by atoms with Crippen molar-refractivity contribution in [2.45, 2.75) is 70.8 Å². The first-order valence-corrected chi connectivity index (χ1v) is 10.4. The number of sulfonamides is 1. The van der Waals surface area contributed by atoms with Crippen molar-refractivity contribution in [3.63, 3.8) is 0 Å². The lowest BCUT2D eigenvalue weighted by molar-refractivity contribution is 0.243. The van der Waals surface area contributed by atoms with Gasteiger partial charge in [0.05, 0.1) is 5.75 Å².